The van der Waals surface area contributed by atoms with Gasteiger partial charge in [-0.25, -0.2) is 4.39 Å². The van der Waals surface area contributed by atoms with E-state index in [0.717, 1.165) is 42.1 Å². The Balaban J connectivity index is 2.15. The second-order valence-corrected chi connectivity index (χ2v) is 5.66. The Labute approximate surface area is 131 Å². The molecule has 0 heterocycles. The molecule has 0 radical (unpaired) electrons. The molecule has 0 spiro atoms. The molecule has 112 valence electrons. The Morgan fingerprint density at radius 3 is 2.48 bits per heavy atom. The predicted molar refractivity (Wildman–Crippen MR) is 87.5 cm³/mol. The smallest absolute Gasteiger partial charge is 0.123 e. The van der Waals surface area contributed by atoms with Gasteiger partial charge in [-0.3, -0.25) is 0 Å². The topological polar surface area (TPSA) is 12.0 Å². The predicted octanol–water partition coefficient (Wildman–Crippen LogP) is 4.81. The first kappa shape index (κ1) is 16.0. The minimum absolute atomic E-state index is 0.197. The summed E-state index contributed by atoms with van der Waals surface area (Å²) < 4.78 is 13.1. The molecule has 1 atom stereocenters. The van der Waals surface area contributed by atoms with Crippen molar-refractivity contribution in [3.05, 3.63) is 70.5 Å². The largest absolute Gasteiger partial charge is 0.316 e. The Bertz CT molecular complexity index is 553. The van der Waals surface area contributed by atoms with Crippen LogP contribution in [0.3, 0.4) is 0 Å². The number of hydrogen-bond donors (Lipinski definition) is 1. The van der Waals surface area contributed by atoms with Gasteiger partial charge in [-0.05, 0) is 48.7 Å². The van der Waals surface area contributed by atoms with Crippen molar-refractivity contribution in [1.29, 1.82) is 0 Å². The summed E-state index contributed by atoms with van der Waals surface area (Å²) in [6.45, 7) is 4.00. The summed E-state index contributed by atoms with van der Waals surface area (Å²) >= 11 is 6.26. The Morgan fingerprint density at radius 1 is 1.10 bits per heavy atom. The SMILES string of the molecule is CCCNCC(Cc1ccccc1Cl)c1ccc(F)cc1. The summed E-state index contributed by atoms with van der Waals surface area (Å²) in [7, 11) is 0. The van der Waals surface area contributed by atoms with Crippen molar-refractivity contribution in [1.82, 2.24) is 5.32 Å². The fourth-order valence-corrected chi connectivity index (χ4v) is 2.64. The highest BCUT2D eigenvalue weighted by atomic mass is 35.5. The molecule has 2 rings (SSSR count). The van der Waals surface area contributed by atoms with E-state index in [0.29, 0.717) is 0 Å². The lowest BCUT2D eigenvalue weighted by Gasteiger charge is -2.19. The molecule has 0 aliphatic rings. The second kappa shape index (κ2) is 8.16. The molecule has 2 aromatic rings. The number of hydrogen-bond acceptors (Lipinski definition) is 1. The summed E-state index contributed by atoms with van der Waals surface area (Å²) in [4.78, 5) is 0. The van der Waals surface area contributed by atoms with Crippen molar-refractivity contribution in [2.75, 3.05) is 13.1 Å². The number of nitrogens with one attached hydrogen (secondary N) is 1. The van der Waals surface area contributed by atoms with E-state index in [9.17, 15) is 4.39 Å². The maximum absolute atomic E-state index is 13.1. The first-order valence-electron chi connectivity index (χ1n) is 7.40. The van der Waals surface area contributed by atoms with Gasteiger partial charge in [0.1, 0.15) is 5.82 Å². The van der Waals surface area contributed by atoms with E-state index < -0.39 is 0 Å². The van der Waals surface area contributed by atoms with Crippen LogP contribution in [0.5, 0.6) is 0 Å². The molecular weight excluding hydrogens is 285 g/mol. The van der Waals surface area contributed by atoms with Crippen molar-refractivity contribution in [3.8, 4) is 0 Å². The van der Waals surface area contributed by atoms with Crippen LogP contribution in [0.2, 0.25) is 5.02 Å². The average Bonchev–Trinajstić information content (AvgIpc) is 2.49. The zero-order valence-corrected chi connectivity index (χ0v) is 13.0. The molecule has 3 heteroatoms. The van der Waals surface area contributed by atoms with Gasteiger partial charge in [0.25, 0.3) is 0 Å². The summed E-state index contributed by atoms with van der Waals surface area (Å²) in [5.41, 5.74) is 2.27. The molecule has 0 aliphatic heterocycles. The van der Waals surface area contributed by atoms with Crippen molar-refractivity contribution in [2.24, 2.45) is 0 Å². The van der Waals surface area contributed by atoms with E-state index in [2.05, 4.69) is 18.3 Å². The van der Waals surface area contributed by atoms with Gasteiger partial charge >= 0.3 is 0 Å². The highest BCUT2D eigenvalue weighted by Crippen LogP contribution is 2.25. The normalized spacial score (nSPS) is 12.3. The molecule has 0 aromatic heterocycles. The Kier molecular flexibility index (Phi) is 6.21. The van der Waals surface area contributed by atoms with E-state index >= 15 is 0 Å². The lowest BCUT2D eigenvalue weighted by Crippen LogP contribution is -2.23. The molecule has 0 saturated carbocycles. The highest BCUT2D eigenvalue weighted by molar-refractivity contribution is 6.31. The van der Waals surface area contributed by atoms with Crippen molar-refractivity contribution in [2.45, 2.75) is 25.7 Å². The van der Waals surface area contributed by atoms with Crippen molar-refractivity contribution < 1.29 is 4.39 Å². The fraction of sp³-hybridized carbons (Fsp3) is 0.333. The third kappa shape index (κ3) is 4.83. The van der Waals surface area contributed by atoms with Crippen LogP contribution in [0.15, 0.2) is 48.5 Å². The zero-order chi connectivity index (χ0) is 15.1. The molecule has 1 unspecified atom stereocenters. The van der Waals surface area contributed by atoms with E-state index in [4.69, 9.17) is 11.6 Å². The van der Waals surface area contributed by atoms with Crippen LogP contribution in [-0.2, 0) is 6.42 Å². The molecule has 1 N–H and O–H groups in total. The minimum Gasteiger partial charge on any atom is -0.316 e. The molecule has 0 aliphatic carbocycles. The Hall–Kier alpha value is -1.38. The van der Waals surface area contributed by atoms with Crippen LogP contribution in [-0.4, -0.2) is 13.1 Å². The second-order valence-electron chi connectivity index (χ2n) is 5.25. The molecule has 21 heavy (non-hydrogen) atoms. The van der Waals surface area contributed by atoms with E-state index in [1.54, 1.807) is 0 Å². The standard InChI is InChI=1S/C18H21ClFN/c1-2-11-21-13-16(14-7-9-17(20)10-8-14)12-15-5-3-4-6-18(15)19/h3-10,16,21H,2,11-13H2,1H3. The molecule has 1 nitrogen and oxygen atoms in total. The summed E-state index contributed by atoms with van der Waals surface area (Å²) in [5, 5.41) is 4.24. The van der Waals surface area contributed by atoms with Gasteiger partial charge < -0.3 is 5.32 Å². The number of benzene rings is 2. The van der Waals surface area contributed by atoms with Gasteiger partial charge in [-0.1, -0.05) is 48.9 Å². The number of rotatable bonds is 7. The van der Waals surface area contributed by atoms with Gasteiger partial charge in [0, 0.05) is 17.5 Å². The molecule has 0 saturated heterocycles. The molecule has 0 fully saturated rings. The highest BCUT2D eigenvalue weighted by Gasteiger charge is 2.14. The van der Waals surface area contributed by atoms with E-state index in [1.807, 2.05) is 30.3 Å². The maximum atomic E-state index is 13.1. The Morgan fingerprint density at radius 2 is 1.81 bits per heavy atom. The monoisotopic (exact) mass is 305 g/mol. The minimum atomic E-state index is -0.197. The molecule has 0 amide bonds. The molecule has 2 aromatic carbocycles. The lowest BCUT2D eigenvalue weighted by molar-refractivity contribution is 0.574. The maximum Gasteiger partial charge on any atom is 0.123 e. The van der Waals surface area contributed by atoms with Gasteiger partial charge in [0.15, 0.2) is 0 Å². The first-order valence-corrected chi connectivity index (χ1v) is 7.78. The van der Waals surface area contributed by atoms with Crippen LogP contribution >= 0.6 is 11.6 Å². The van der Waals surface area contributed by atoms with E-state index in [1.165, 1.54) is 12.1 Å². The lowest BCUT2D eigenvalue weighted by atomic mass is 9.91. The van der Waals surface area contributed by atoms with Crippen LogP contribution in [0.4, 0.5) is 4.39 Å². The summed E-state index contributed by atoms with van der Waals surface area (Å²) in [6, 6.07) is 14.7. The third-order valence-electron chi connectivity index (χ3n) is 3.58. The summed E-state index contributed by atoms with van der Waals surface area (Å²) in [6.07, 6.45) is 1.95. The number of halogens is 2. The van der Waals surface area contributed by atoms with E-state index in [-0.39, 0.29) is 11.7 Å². The van der Waals surface area contributed by atoms with Gasteiger partial charge in [0.05, 0.1) is 0 Å². The van der Waals surface area contributed by atoms with Crippen LogP contribution in [0.25, 0.3) is 0 Å². The van der Waals surface area contributed by atoms with Gasteiger partial charge in [-0.15, -0.1) is 0 Å². The van der Waals surface area contributed by atoms with Crippen molar-refractivity contribution >= 4 is 11.6 Å². The van der Waals surface area contributed by atoms with Crippen LogP contribution < -0.4 is 5.32 Å². The molecule has 0 bridgehead atoms. The quantitative estimate of drug-likeness (QED) is 0.724. The zero-order valence-electron chi connectivity index (χ0n) is 12.3. The molecular formula is C18H21ClFN. The van der Waals surface area contributed by atoms with Crippen LogP contribution in [0.1, 0.15) is 30.4 Å². The van der Waals surface area contributed by atoms with Gasteiger partial charge in [0.2, 0.25) is 0 Å². The fourth-order valence-electron chi connectivity index (χ4n) is 2.43. The third-order valence-corrected chi connectivity index (χ3v) is 3.95. The van der Waals surface area contributed by atoms with Gasteiger partial charge in [-0.2, -0.15) is 0 Å². The summed E-state index contributed by atoms with van der Waals surface area (Å²) in [5.74, 6) is 0.0915. The van der Waals surface area contributed by atoms with Crippen molar-refractivity contribution in [3.63, 3.8) is 0 Å². The average molecular weight is 306 g/mol. The first-order chi connectivity index (χ1) is 10.2. The van der Waals surface area contributed by atoms with Crippen LogP contribution in [0, 0.1) is 5.82 Å².